The van der Waals surface area contributed by atoms with E-state index in [0.717, 1.165) is 4.47 Å². The molecule has 1 amide bonds. The number of nitrogens with zero attached hydrogens (tertiary/aromatic N) is 4. The normalized spacial score (nSPS) is 10.6. The molecule has 0 aliphatic carbocycles. The third-order valence-corrected chi connectivity index (χ3v) is 4.42. The maximum atomic E-state index is 12.5. The highest BCUT2D eigenvalue weighted by Gasteiger charge is 2.23. The van der Waals surface area contributed by atoms with Crippen LogP contribution >= 0.6 is 15.9 Å². The number of anilines is 1. The number of carbonyl (C=O) groups is 2. The number of nitrogens with one attached hydrogen (secondary N) is 1. The second-order valence-electron chi connectivity index (χ2n) is 5.85. The van der Waals surface area contributed by atoms with Crippen LogP contribution in [0.1, 0.15) is 26.7 Å². The van der Waals surface area contributed by atoms with Gasteiger partial charge in [-0.2, -0.15) is 10.2 Å². The Kier molecular flexibility index (Phi) is 5.78. The molecule has 28 heavy (non-hydrogen) atoms. The third-order valence-electron chi connectivity index (χ3n) is 3.89. The second kappa shape index (κ2) is 8.26. The highest BCUT2D eigenvalue weighted by atomic mass is 79.9. The van der Waals surface area contributed by atoms with Crippen LogP contribution in [-0.2, 0) is 18.5 Å². The molecular weight excluding hydrogens is 430 g/mol. The van der Waals surface area contributed by atoms with Crippen LogP contribution in [0.2, 0.25) is 0 Å². The van der Waals surface area contributed by atoms with Gasteiger partial charge in [0.15, 0.2) is 18.1 Å². The molecule has 0 aliphatic heterocycles. The van der Waals surface area contributed by atoms with Gasteiger partial charge in [-0.1, -0.05) is 15.9 Å². The summed E-state index contributed by atoms with van der Waals surface area (Å²) in [7, 11) is 2.87. The average Bonchev–Trinajstić information content (AvgIpc) is 3.25. The van der Waals surface area contributed by atoms with Crippen molar-refractivity contribution in [2.24, 2.45) is 7.05 Å². The molecule has 0 atom stereocenters. The maximum Gasteiger partial charge on any atom is 0.358 e. The number of hydrogen-bond donors (Lipinski definition) is 1. The molecule has 3 rings (SSSR count). The van der Waals surface area contributed by atoms with Crippen molar-refractivity contribution in [3.05, 3.63) is 58.1 Å². The number of aromatic nitrogens is 4. The predicted molar refractivity (Wildman–Crippen MR) is 104 cm³/mol. The molecule has 0 saturated heterocycles. The number of rotatable bonds is 6. The van der Waals surface area contributed by atoms with E-state index in [1.807, 2.05) is 24.3 Å². The summed E-state index contributed by atoms with van der Waals surface area (Å²) in [6.45, 7) is 1.83. The predicted octanol–water partition coefficient (Wildman–Crippen LogP) is 2.76. The fraction of sp³-hybridized carbons (Fsp3) is 0.222. The lowest BCUT2D eigenvalue weighted by molar-refractivity contribution is 0.0589. The number of esters is 1. The standard InChI is InChI=1S/C18H18BrN5O4/c1-11-15(16(18(26)27-3)23(2)21-11)20-17(25)14-8-9-24(22-14)10-28-13-6-4-12(19)5-7-13/h4-9H,10H2,1-3H3,(H,20,25). The van der Waals surface area contributed by atoms with Gasteiger partial charge in [-0.25, -0.2) is 9.48 Å². The zero-order valence-electron chi connectivity index (χ0n) is 15.5. The van der Waals surface area contributed by atoms with E-state index < -0.39 is 11.9 Å². The van der Waals surface area contributed by atoms with Gasteiger partial charge in [0.05, 0.1) is 18.5 Å². The van der Waals surface area contributed by atoms with Crippen molar-refractivity contribution in [3.8, 4) is 5.75 Å². The minimum Gasteiger partial charge on any atom is -0.471 e. The number of benzene rings is 1. The van der Waals surface area contributed by atoms with E-state index in [-0.39, 0.29) is 18.1 Å². The summed E-state index contributed by atoms with van der Waals surface area (Å²) < 4.78 is 14.2. The minimum absolute atomic E-state index is 0.147. The molecular formula is C18H18BrN5O4. The van der Waals surface area contributed by atoms with Gasteiger partial charge < -0.3 is 14.8 Å². The van der Waals surface area contributed by atoms with E-state index >= 15 is 0 Å². The van der Waals surface area contributed by atoms with Gasteiger partial charge in [0.2, 0.25) is 0 Å². The number of ether oxygens (including phenoxy) is 2. The summed E-state index contributed by atoms with van der Waals surface area (Å²) in [6, 6.07) is 8.93. The Morgan fingerprint density at radius 2 is 1.89 bits per heavy atom. The zero-order valence-corrected chi connectivity index (χ0v) is 17.1. The van der Waals surface area contributed by atoms with Crippen molar-refractivity contribution >= 4 is 33.5 Å². The zero-order chi connectivity index (χ0) is 20.3. The van der Waals surface area contributed by atoms with Gasteiger partial charge in [-0.3, -0.25) is 9.48 Å². The van der Waals surface area contributed by atoms with Crippen molar-refractivity contribution < 1.29 is 19.1 Å². The summed E-state index contributed by atoms with van der Waals surface area (Å²) in [6.07, 6.45) is 1.63. The summed E-state index contributed by atoms with van der Waals surface area (Å²) in [5.41, 5.74) is 1.12. The van der Waals surface area contributed by atoms with Crippen LogP contribution in [0.5, 0.6) is 5.75 Å². The van der Waals surface area contributed by atoms with E-state index in [1.165, 1.54) is 16.5 Å². The summed E-state index contributed by atoms with van der Waals surface area (Å²) in [5.74, 6) is -0.381. The molecule has 1 N–H and O–H groups in total. The number of hydrogen-bond acceptors (Lipinski definition) is 6. The fourth-order valence-electron chi connectivity index (χ4n) is 2.54. The molecule has 10 heteroatoms. The number of halogens is 1. The van der Waals surface area contributed by atoms with Crippen LogP contribution in [0.15, 0.2) is 41.0 Å². The van der Waals surface area contributed by atoms with Crippen LogP contribution in [0.3, 0.4) is 0 Å². The molecule has 0 spiro atoms. The molecule has 0 bridgehead atoms. The Morgan fingerprint density at radius 1 is 1.18 bits per heavy atom. The molecule has 146 valence electrons. The number of carbonyl (C=O) groups excluding carboxylic acids is 2. The van der Waals surface area contributed by atoms with Crippen molar-refractivity contribution in [3.63, 3.8) is 0 Å². The van der Waals surface area contributed by atoms with Gasteiger partial charge in [0.1, 0.15) is 5.75 Å². The van der Waals surface area contributed by atoms with E-state index in [9.17, 15) is 9.59 Å². The molecule has 0 fully saturated rings. The van der Waals surface area contributed by atoms with Gasteiger partial charge >= 0.3 is 5.97 Å². The highest BCUT2D eigenvalue weighted by molar-refractivity contribution is 9.10. The van der Waals surface area contributed by atoms with Gasteiger partial charge in [0.25, 0.3) is 5.91 Å². The van der Waals surface area contributed by atoms with Crippen molar-refractivity contribution in [2.75, 3.05) is 12.4 Å². The Bertz CT molecular complexity index is 1010. The Morgan fingerprint density at radius 3 is 2.57 bits per heavy atom. The van der Waals surface area contributed by atoms with E-state index in [0.29, 0.717) is 17.1 Å². The first-order valence-electron chi connectivity index (χ1n) is 8.24. The topological polar surface area (TPSA) is 100 Å². The number of aryl methyl sites for hydroxylation is 2. The Balaban J connectivity index is 1.69. The maximum absolute atomic E-state index is 12.5. The monoisotopic (exact) mass is 447 g/mol. The third kappa shape index (κ3) is 4.22. The first kappa shape index (κ1) is 19.6. The van der Waals surface area contributed by atoms with Crippen molar-refractivity contribution in [2.45, 2.75) is 13.7 Å². The van der Waals surface area contributed by atoms with Gasteiger partial charge in [0, 0.05) is 17.7 Å². The summed E-state index contributed by atoms with van der Waals surface area (Å²) >= 11 is 3.36. The summed E-state index contributed by atoms with van der Waals surface area (Å²) in [4.78, 5) is 24.5. The highest BCUT2D eigenvalue weighted by Crippen LogP contribution is 2.21. The first-order chi connectivity index (χ1) is 13.4. The lowest BCUT2D eigenvalue weighted by atomic mass is 10.2. The fourth-order valence-corrected chi connectivity index (χ4v) is 2.81. The molecule has 2 heterocycles. The molecule has 0 aliphatic rings. The van der Waals surface area contributed by atoms with E-state index in [2.05, 4.69) is 31.4 Å². The number of methoxy groups -OCH3 is 1. The Hall–Kier alpha value is -3.14. The lowest BCUT2D eigenvalue weighted by Crippen LogP contribution is -2.18. The van der Waals surface area contributed by atoms with Crippen LogP contribution in [-0.4, -0.2) is 38.5 Å². The van der Waals surface area contributed by atoms with Crippen LogP contribution in [0, 0.1) is 6.92 Å². The molecule has 0 unspecified atom stereocenters. The molecule has 2 aromatic heterocycles. The summed E-state index contributed by atoms with van der Waals surface area (Å²) in [5, 5.41) is 11.0. The van der Waals surface area contributed by atoms with Gasteiger partial charge in [-0.05, 0) is 37.3 Å². The van der Waals surface area contributed by atoms with E-state index in [1.54, 1.807) is 26.2 Å². The Labute approximate surface area is 169 Å². The lowest BCUT2D eigenvalue weighted by Gasteiger charge is -2.07. The van der Waals surface area contributed by atoms with E-state index in [4.69, 9.17) is 9.47 Å². The van der Waals surface area contributed by atoms with Gasteiger partial charge in [-0.15, -0.1) is 0 Å². The first-order valence-corrected chi connectivity index (χ1v) is 9.03. The minimum atomic E-state index is -0.591. The second-order valence-corrected chi connectivity index (χ2v) is 6.76. The molecule has 0 saturated carbocycles. The quantitative estimate of drug-likeness (QED) is 0.583. The van der Waals surface area contributed by atoms with Crippen molar-refractivity contribution in [1.82, 2.24) is 19.6 Å². The number of amides is 1. The molecule has 3 aromatic rings. The average molecular weight is 448 g/mol. The SMILES string of the molecule is COC(=O)c1c(NC(=O)c2ccn(COc3ccc(Br)cc3)n2)c(C)nn1C. The largest absolute Gasteiger partial charge is 0.471 e. The van der Waals surface area contributed by atoms with Crippen LogP contribution < -0.4 is 10.1 Å². The molecule has 0 radical (unpaired) electrons. The van der Waals surface area contributed by atoms with Crippen LogP contribution in [0.25, 0.3) is 0 Å². The molecule has 9 nitrogen and oxygen atoms in total. The van der Waals surface area contributed by atoms with Crippen LogP contribution in [0.4, 0.5) is 5.69 Å². The van der Waals surface area contributed by atoms with Crippen molar-refractivity contribution in [1.29, 1.82) is 0 Å². The molecule has 1 aromatic carbocycles. The smallest absolute Gasteiger partial charge is 0.358 e.